The Morgan fingerprint density at radius 2 is 1.80 bits per heavy atom. The Hall–Kier alpha value is -3.88. The summed E-state index contributed by atoms with van der Waals surface area (Å²) in [6.07, 6.45) is 0. The molecule has 0 radical (unpaired) electrons. The maximum absolute atomic E-state index is 10.8. The topological polar surface area (TPSA) is 136 Å². The van der Waals surface area contributed by atoms with Gasteiger partial charge in [0, 0.05) is 11.5 Å². The lowest BCUT2D eigenvalue weighted by Crippen LogP contribution is -1.85. The van der Waals surface area contributed by atoms with E-state index in [2.05, 4.69) is 10.2 Å². The van der Waals surface area contributed by atoms with Crippen LogP contribution >= 0.6 is 0 Å². The molecule has 0 aliphatic carbocycles. The molecule has 4 rings (SSSR count). The third-order valence-corrected chi connectivity index (χ3v) is 3.60. The number of nitrogens with zero attached hydrogens (tertiary/aromatic N) is 3. The SMILES string of the molecule is O=[N+]([O-])c1ccc2cc(-c3nnc(-c4cccc(O)c4O)o3)oc2c1. The van der Waals surface area contributed by atoms with Gasteiger partial charge in [0.25, 0.3) is 17.5 Å². The summed E-state index contributed by atoms with van der Waals surface area (Å²) in [5.41, 5.74) is 0.388. The molecule has 0 amide bonds. The van der Waals surface area contributed by atoms with Crippen LogP contribution in [0.15, 0.2) is 51.3 Å². The molecule has 124 valence electrons. The van der Waals surface area contributed by atoms with Gasteiger partial charge in [-0.3, -0.25) is 10.1 Å². The molecule has 0 spiro atoms. The maximum Gasteiger partial charge on any atom is 0.283 e. The number of phenols is 2. The number of rotatable bonds is 3. The monoisotopic (exact) mass is 339 g/mol. The Bertz CT molecular complexity index is 1110. The molecule has 0 aliphatic heterocycles. The van der Waals surface area contributed by atoms with Crippen molar-refractivity contribution in [3.63, 3.8) is 0 Å². The van der Waals surface area contributed by atoms with Crippen molar-refractivity contribution in [1.82, 2.24) is 10.2 Å². The summed E-state index contributed by atoms with van der Waals surface area (Å²) in [7, 11) is 0. The van der Waals surface area contributed by atoms with E-state index in [9.17, 15) is 20.3 Å². The zero-order valence-electron chi connectivity index (χ0n) is 12.4. The van der Waals surface area contributed by atoms with Gasteiger partial charge in [-0.25, -0.2) is 0 Å². The fourth-order valence-electron chi connectivity index (χ4n) is 2.37. The van der Waals surface area contributed by atoms with Crippen LogP contribution < -0.4 is 0 Å². The van der Waals surface area contributed by atoms with Gasteiger partial charge in [-0.05, 0) is 24.3 Å². The van der Waals surface area contributed by atoms with E-state index in [-0.39, 0.29) is 40.3 Å². The highest BCUT2D eigenvalue weighted by Crippen LogP contribution is 2.37. The second kappa shape index (κ2) is 5.34. The maximum atomic E-state index is 10.8. The third-order valence-electron chi connectivity index (χ3n) is 3.60. The summed E-state index contributed by atoms with van der Waals surface area (Å²) in [6, 6.07) is 10.2. The first-order valence-corrected chi connectivity index (χ1v) is 7.06. The number of benzene rings is 2. The lowest BCUT2D eigenvalue weighted by molar-refractivity contribution is -0.384. The second-order valence-corrected chi connectivity index (χ2v) is 5.18. The van der Waals surface area contributed by atoms with Gasteiger partial charge in [-0.2, -0.15) is 0 Å². The highest BCUT2D eigenvalue weighted by molar-refractivity contribution is 5.83. The van der Waals surface area contributed by atoms with Crippen LogP contribution in [0, 0.1) is 10.1 Å². The Kier molecular flexibility index (Phi) is 3.14. The van der Waals surface area contributed by atoms with Crippen molar-refractivity contribution < 1.29 is 24.0 Å². The van der Waals surface area contributed by atoms with Crippen molar-refractivity contribution in [1.29, 1.82) is 0 Å². The number of nitro groups is 1. The van der Waals surface area contributed by atoms with Crippen molar-refractivity contribution in [3.8, 4) is 34.6 Å². The minimum absolute atomic E-state index is 0.00478. The lowest BCUT2D eigenvalue weighted by Gasteiger charge is -2.00. The molecular formula is C16H9N3O6. The number of fused-ring (bicyclic) bond motifs is 1. The molecule has 0 saturated heterocycles. The molecule has 2 aromatic heterocycles. The van der Waals surface area contributed by atoms with Crippen LogP contribution in [0.25, 0.3) is 34.1 Å². The van der Waals surface area contributed by atoms with Crippen LogP contribution in [0.4, 0.5) is 5.69 Å². The number of nitro benzene ring substituents is 1. The molecule has 2 aromatic carbocycles. The fourth-order valence-corrected chi connectivity index (χ4v) is 2.37. The van der Waals surface area contributed by atoms with E-state index in [0.717, 1.165) is 0 Å². The molecule has 4 aromatic rings. The van der Waals surface area contributed by atoms with Crippen LogP contribution in [-0.4, -0.2) is 25.3 Å². The predicted molar refractivity (Wildman–Crippen MR) is 84.9 cm³/mol. The summed E-state index contributed by atoms with van der Waals surface area (Å²) >= 11 is 0. The van der Waals surface area contributed by atoms with Gasteiger partial charge >= 0.3 is 0 Å². The molecule has 9 nitrogen and oxygen atoms in total. The molecule has 2 heterocycles. The molecule has 9 heteroatoms. The van der Waals surface area contributed by atoms with Crippen LogP contribution in [0.1, 0.15) is 0 Å². The molecule has 0 aliphatic rings. The van der Waals surface area contributed by atoms with Crippen LogP contribution in [0.3, 0.4) is 0 Å². The third kappa shape index (κ3) is 2.43. The number of non-ortho nitro benzene ring substituents is 1. The zero-order valence-corrected chi connectivity index (χ0v) is 12.4. The standard InChI is InChI=1S/C16H9N3O6/c20-11-3-1-2-10(14(11)21)15-17-18-16(25-15)13-6-8-4-5-9(19(22)23)7-12(8)24-13/h1-7,20-21H. The zero-order chi connectivity index (χ0) is 17.6. The van der Waals surface area contributed by atoms with Gasteiger partial charge in [-0.1, -0.05) is 6.07 Å². The van der Waals surface area contributed by atoms with Gasteiger partial charge < -0.3 is 19.0 Å². The molecule has 0 bridgehead atoms. The van der Waals surface area contributed by atoms with Gasteiger partial charge in [0.15, 0.2) is 17.3 Å². The number of furan rings is 1. The minimum Gasteiger partial charge on any atom is -0.504 e. The molecule has 0 atom stereocenters. The number of aromatic nitrogens is 2. The first-order valence-electron chi connectivity index (χ1n) is 7.06. The average Bonchev–Trinajstić information content (AvgIpc) is 3.22. The summed E-state index contributed by atoms with van der Waals surface area (Å²) in [6.45, 7) is 0. The normalized spacial score (nSPS) is 11.0. The lowest BCUT2D eigenvalue weighted by atomic mass is 10.2. The van der Waals surface area contributed by atoms with Gasteiger partial charge in [-0.15, -0.1) is 10.2 Å². The van der Waals surface area contributed by atoms with E-state index in [0.29, 0.717) is 11.0 Å². The second-order valence-electron chi connectivity index (χ2n) is 5.18. The van der Waals surface area contributed by atoms with E-state index in [1.807, 2.05) is 0 Å². The minimum atomic E-state index is -0.517. The summed E-state index contributed by atoms with van der Waals surface area (Å²) in [5, 5.41) is 38.5. The number of hydrogen-bond acceptors (Lipinski definition) is 8. The van der Waals surface area contributed by atoms with Gasteiger partial charge in [0.2, 0.25) is 0 Å². The fraction of sp³-hybridized carbons (Fsp3) is 0. The smallest absolute Gasteiger partial charge is 0.283 e. The molecule has 0 saturated carbocycles. The van der Waals surface area contributed by atoms with Crippen LogP contribution in [-0.2, 0) is 0 Å². The van der Waals surface area contributed by atoms with E-state index in [1.165, 1.54) is 30.3 Å². The molecule has 0 fully saturated rings. The molecule has 2 N–H and O–H groups in total. The highest BCUT2D eigenvalue weighted by Gasteiger charge is 2.19. The van der Waals surface area contributed by atoms with Gasteiger partial charge in [0.05, 0.1) is 16.6 Å². The number of phenolic OH excluding ortho intramolecular Hbond substituents is 2. The Balaban J connectivity index is 1.76. The van der Waals surface area contributed by atoms with Gasteiger partial charge in [0.1, 0.15) is 5.58 Å². The van der Waals surface area contributed by atoms with E-state index in [1.54, 1.807) is 12.1 Å². The number of hydrogen-bond donors (Lipinski definition) is 2. The number of para-hydroxylation sites is 1. The van der Waals surface area contributed by atoms with Crippen molar-refractivity contribution in [3.05, 3.63) is 52.6 Å². The van der Waals surface area contributed by atoms with Crippen molar-refractivity contribution >= 4 is 16.7 Å². The predicted octanol–water partition coefficient (Wildman–Crippen LogP) is 3.47. The average molecular weight is 339 g/mol. The number of aromatic hydroxyl groups is 2. The highest BCUT2D eigenvalue weighted by atomic mass is 16.6. The van der Waals surface area contributed by atoms with Crippen molar-refractivity contribution in [2.24, 2.45) is 0 Å². The quantitative estimate of drug-likeness (QED) is 0.329. The summed E-state index contributed by atoms with van der Waals surface area (Å²) < 4.78 is 11.0. The first kappa shape index (κ1) is 14.7. The molecular weight excluding hydrogens is 330 g/mol. The molecule has 0 unspecified atom stereocenters. The van der Waals surface area contributed by atoms with E-state index < -0.39 is 4.92 Å². The van der Waals surface area contributed by atoms with Crippen molar-refractivity contribution in [2.45, 2.75) is 0 Å². The summed E-state index contributed by atoms with van der Waals surface area (Å²) in [5.74, 6) is -0.424. The Morgan fingerprint density at radius 1 is 1.00 bits per heavy atom. The van der Waals surface area contributed by atoms with E-state index in [4.69, 9.17) is 8.83 Å². The Labute approximate surface area is 138 Å². The first-order chi connectivity index (χ1) is 12.0. The Morgan fingerprint density at radius 3 is 2.60 bits per heavy atom. The van der Waals surface area contributed by atoms with Crippen LogP contribution in [0.2, 0.25) is 0 Å². The van der Waals surface area contributed by atoms with Crippen molar-refractivity contribution in [2.75, 3.05) is 0 Å². The largest absolute Gasteiger partial charge is 0.504 e. The molecule has 25 heavy (non-hydrogen) atoms. The van der Waals surface area contributed by atoms with Crippen LogP contribution in [0.5, 0.6) is 11.5 Å². The summed E-state index contributed by atoms with van der Waals surface area (Å²) in [4.78, 5) is 10.3. The van der Waals surface area contributed by atoms with E-state index >= 15 is 0 Å².